The average Bonchev–Trinajstić information content (AvgIpc) is 2.40. The number of rotatable bonds is 3. The fraction of sp³-hybridized carbons (Fsp3) is 0.875. The van der Waals surface area contributed by atoms with Crippen LogP contribution < -0.4 is 0 Å². The Morgan fingerprint density at radius 3 is 1.88 bits per heavy atom. The standard InChI is InChI=1S/C16H27F/c1-2-13-3-7-15(8-4-13)16-9-5-14(6-10-16)11-12-17/h11-16H,2-10H2,1H3. The molecule has 0 aromatic rings. The van der Waals surface area contributed by atoms with E-state index in [-0.39, 0.29) is 0 Å². The molecule has 0 aromatic carbocycles. The van der Waals surface area contributed by atoms with Crippen molar-refractivity contribution in [3.63, 3.8) is 0 Å². The second kappa shape index (κ2) is 6.56. The Morgan fingerprint density at radius 1 is 0.882 bits per heavy atom. The van der Waals surface area contributed by atoms with Gasteiger partial charge in [0.15, 0.2) is 0 Å². The predicted octanol–water partition coefficient (Wildman–Crippen LogP) is 5.49. The molecule has 0 N–H and O–H groups in total. The van der Waals surface area contributed by atoms with Crippen molar-refractivity contribution in [2.24, 2.45) is 23.7 Å². The largest absolute Gasteiger partial charge is 0.216 e. The number of hydrogen-bond acceptors (Lipinski definition) is 0. The lowest BCUT2D eigenvalue weighted by Gasteiger charge is -2.37. The number of hydrogen-bond donors (Lipinski definition) is 0. The van der Waals surface area contributed by atoms with Crippen LogP contribution in [0.1, 0.15) is 64.7 Å². The molecule has 0 radical (unpaired) electrons. The van der Waals surface area contributed by atoms with E-state index in [2.05, 4.69) is 6.92 Å². The van der Waals surface area contributed by atoms with E-state index in [1.165, 1.54) is 57.8 Å². The molecule has 0 aliphatic heterocycles. The fourth-order valence-corrected chi connectivity index (χ4v) is 3.98. The van der Waals surface area contributed by atoms with Gasteiger partial charge in [-0.3, -0.25) is 0 Å². The van der Waals surface area contributed by atoms with Crippen molar-refractivity contribution in [2.75, 3.05) is 0 Å². The number of halogens is 1. The lowest BCUT2D eigenvalue weighted by Crippen LogP contribution is -2.25. The van der Waals surface area contributed by atoms with Crippen LogP contribution in [0, 0.1) is 23.7 Å². The molecule has 0 aromatic heterocycles. The van der Waals surface area contributed by atoms with Gasteiger partial charge in [-0.05, 0) is 62.2 Å². The first-order valence-electron chi connectivity index (χ1n) is 7.60. The second-order valence-electron chi connectivity index (χ2n) is 6.18. The van der Waals surface area contributed by atoms with Gasteiger partial charge in [0.1, 0.15) is 0 Å². The summed E-state index contributed by atoms with van der Waals surface area (Å²) in [5, 5.41) is 0. The summed E-state index contributed by atoms with van der Waals surface area (Å²) in [7, 11) is 0. The Hall–Kier alpha value is -0.330. The Bertz CT molecular complexity index is 230. The zero-order valence-corrected chi connectivity index (χ0v) is 11.2. The normalized spacial score (nSPS) is 39.6. The highest BCUT2D eigenvalue weighted by Gasteiger charge is 2.29. The van der Waals surface area contributed by atoms with E-state index in [9.17, 15) is 4.39 Å². The SMILES string of the molecule is CCC1CCC(C2CCC(C=CF)CC2)CC1. The van der Waals surface area contributed by atoms with E-state index >= 15 is 0 Å². The molecule has 0 atom stereocenters. The summed E-state index contributed by atoms with van der Waals surface area (Å²) in [6.45, 7) is 2.33. The third kappa shape index (κ3) is 3.56. The van der Waals surface area contributed by atoms with E-state index < -0.39 is 0 Å². The third-order valence-corrected chi connectivity index (χ3v) is 5.30. The van der Waals surface area contributed by atoms with Crippen LogP contribution in [0.15, 0.2) is 12.4 Å². The van der Waals surface area contributed by atoms with Crippen LogP contribution in [0.5, 0.6) is 0 Å². The molecule has 0 nitrogen and oxygen atoms in total. The van der Waals surface area contributed by atoms with Crippen LogP contribution in [-0.2, 0) is 0 Å². The molecule has 0 unspecified atom stereocenters. The molecule has 17 heavy (non-hydrogen) atoms. The van der Waals surface area contributed by atoms with Gasteiger partial charge in [-0.15, -0.1) is 0 Å². The summed E-state index contributed by atoms with van der Waals surface area (Å²) in [4.78, 5) is 0. The van der Waals surface area contributed by atoms with Crippen molar-refractivity contribution in [3.05, 3.63) is 12.4 Å². The van der Waals surface area contributed by atoms with Gasteiger partial charge in [0.2, 0.25) is 0 Å². The maximum absolute atomic E-state index is 12.1. The summed E-state index contributed by atoms with van der Waals surface area (Å²) in [6.07, 6.45) is 14.9. The zero-order chi connectivity index (χ0) is 12.1. The lowest BCUT2D eigenvalue weighted by molar-refractivity contribution is 0.154. The molecule has 2 aliphatic rings. The van der Waals surface area contributed by atoms with Crippen LogP contribution in [0.3, 0.4) is 0 Å². The first-order valence-corrected chi connectivity index (χ1v) is 7.60. The van der Waals surface area contributed by atoms with E-state index in [1.807, 2.05) is 0 Å². The molecule has 0 spiro atoms. The molecule has 1 heteroatoms. The minimum atomic E-state index is 0.531. The quantitative estimate of drug-likeness (QED) is 0.609. The van der Waals surface area contributed by atoms with Crippen molar-refractivity contribution in [3.8, 4) is 0 Å². The van der Waals surface area contributed by atoms with Crippen LogP contribution in [0.2, 0.25) is 0 Å². The fourth-order valence-electron chi connectivity index (χ4n) is 3.98. The monoisotopic (exact) mass is 238 g/mol. The van der Waals surface area contributed by atoms with Gasteiger partial charge in [-0.2, -0.15) is 0 Å². The summed E-state index contributed by atoms with van der Waals surface area (Å²) in [5.74, 6) is 3.49. The molecule has 0 saturated heterocycles. The Balaban J connectivity index is 1.74. The van der Waals surface area contributed by atoms with E-state index in [0.717, 1.165) is 24.1 Å². The lowest BCUT2D eigenvalue weighted by atomic mass is 9.69. The molecule has 2 rings (SSSR count). The van der Waals surface area contributed by atoms with Crippen LogP contribution in [0.25, 0.3) is 0 Å². The van der Waals surface area contributed by atoms with Crippen molar-refractivity contribution in [1.29, 1.82) is 0 Å². The molecule has 98 valence electrons. The predicted molar refractivity (Wildman–Crippen MR) is 71.4 cm³/mol. The molecular weight excluding hydrogens is 211 g/mol. The van der Waals surface area contributed by atoms with Crippen LogP contribution in [0.4, 0.5) is 4.39 Å². The smallest absolute Gasteiger partial charge is 0.0829 e. The maximum atomic E-state index is 12.1. The highest BCUT2D eigenvalue weighted by Crippen LogP contribution is 2.42. The molecule has 2 fully saturated rings. The molecule has 2 aliphatic carbocycles. The van der Waals surface area contributed by atoms with Gasteiger partial charge in [0, 0.05) is 0 Å². The van der Waals surface area contributed by atoms with Crippen molar-refractivity contribution >= 4 is 0 Å². The Morgan fingerprint density at radius 2 is 1.41 bits per heavy atom. The van der Waals surface area contributed by atoms with Crippen LogP contribution in [-0.4, -0.2) is 0 Å². The number of allylic oxidation sites excluding steroid dienone is 1. The highest BCUT2D eigenvalue weighted by atomic mass is 19.1. The van der Waals surface area contributed by atoms with E-state index in [0.29, 0.717) is 5.92 Å². The van der Waals surface area contributed by atoms with Crippen molar-refractivity contribution in [2.45, 2.75) is 64.7 Å². The molecule has 0 heterocycles. The summed E-state index contributed by atoms with van der Waals surface area (Å²) in [5.41, 5.74) is 0. The minimum Gasteiger partial charge on any atom is -0.216 e. The summed E-state index contributed by atoms with van der Waals surface area (Å²) in [6, 6.07) is 0. The molecule has 0 amide bonds. The van der Waals surface area contributed by atoms with Crippen LogP contribution >= 0.6 is 0 Å². The van der Waals surface area contributed by atoms with Gasteiger partial charge in [0.05, 0.1) is 6.33 Å². The summed E-state index contributed by atoms with van der Waals surface area (Å²) < 4.78 is 12.1. The van der Waals surface area contributed by atoms with Gasteiger partial charge in [0.25, 0.3) is 0 Å². The van der Waals surface area contributed by atoms with E-state index in [4.69, 9.17) is 0 Å². The van der Waals surface area contributed by atoms with E-state index in [1.54, 1.807) is 6.08 Å². The van der Waals surface area contributed by atoms with Gasteiger partial charge >= 0.3 is 0 Å². The maximum Gasteiger partial charge on any atom is 0.0829 e. The third-order valence-electron chi connectivity index (χ3n) is 5.30. The highest BCUT2D eigenvalue weighted by molar-refractivity contribution is 4.89. The Kier molecular flexibility index (Phi) is 5.06. The van der Waals surface area contributed by atoms with Gasteiger partial charge in [-0.25, -0.2) is 4.39 Å². The Labute approximate surface area is 106 Å². The molecule has 0 bridgehead atoms. The first kappa shape index (κ1) is 13.1. The first-order chi connectivity index (χ1) is 8.33. The topological polar surface area (TPSA) is 0 Å². The van der Waals surface area contributed by atoms with Gasteiger partial charge in [-0.1, -0.05) is 32.3 Å². The molecule has 2 saturated carbocycles. The van der Waals surface area contributed by atoms with Crippen molar-refractivity contribution < 1.29 is 4.39 Å². The van der Waals surface area contributed by atoms with Gasteiger partial charge < -0.3 is 0 Å². The summed E-state index contributed by atoms with van der Waals surface area (Å²) >= 11 is 0. The zero-order valence-electron chi connectivity index (χ0n) is 11.2. The minimum absolute atomic E-state index is 0.531. The second-order valence-corrected chi connectivity index (χ2v) is 6.18. The van der Waals surface area contributed by atoms with Crippen molar-refractivity contribution in [1.82, 2.24) is 0 Å². The molecular formula is C16H27F. The average molecular weight is 238 g/mol.